The molecule has 1 aromatic heterocycles. The van der Waals surface area contributed by atoms with Crippen LogP contribution in [0.1, 0.15) is 0 Å². The summed E-state index contributed by atoms with van der Waals surface area (Å²) in [5, 5.41) is 3.16. The zero-order chi connectivity index (χ0) is 11.4. The lowest BCUT2D eigenvalue weighted by Gasteiger charge is -2.38. The van der Waals surface area contributed by atoms with Gasteiger partial charge in [0.2, 0.25) is 0 Å². The van der Waals surface area contributed by atoms with Crippen molar-refractivity contribution < 1.29 is 14.3 Å². The van der Waals surface area contributed by atoms with Crippen molar-refractivity contribution in [1.82, 2.24) is 4.98 Å². The molecule has 0 amide bonds. The maximum Gasteiger partial charge on any atom is 0.318 e. The van der Waals surface area contributed by atoms with Gasteiger partial charge >= 0.3 is 5.97 Å². The standard InChI is InChI=1S/C11H14N2O3/c1-15-10(14)11(7-16-8-11)6-13-9-3-2-4-12-5-9/h2-5,13H,6-8H2,1H3. The Morgan fingerprint density at radius 3 is 3.00 bits per heavy atom. The van der Waals surface area contributed by atoms with Crippen LogP contribution in [-0.2, 0) is 14.3 Å². The second-order valence-electron chi connectivity index (χ2n) is 3.86. The average Bonchev–Trinajstić information content (AvgIpc) is 2.28. The van der Waals surface area contributed by atoms with E-state index in [-0.39, 0.29) is 5.97 Å². The zero-order valence-corrected chi connectivity index (χ0v) is 9.10. The number of nitrogens with zero attached hydrogens (tertiary/aromatic N) is 1. The van der Waals surface area contributed by atoms with E-state index in [2.05, 4.69) is 10.3 Å². The maximum atomic E-state index is 11.6. The summed E-state index contributed by atoms with van der Waals surface area (Å²) in [6.07, 6.45) is 3.41. The Balaban J connectivity index is 1.96. The fourth-order valence-corrected chi connectivity index (χ4v) is 1.60. The monoisotopic (exact) mass is 222 g/mol. The second kappa shape index (κ2) is 4.49. The molecule has 0 saturated carbocycles. The van der Waals surface area contributed by atoms with Crippen molar-refractivity contribution in [3.8, 4) is 0 Å². The number of methoxy groups -OCH3 is 1. The SMILES string of the molecule is COC(=O)C1(CNc2cccnc2)COC1. The van der Waals surface area contributed by atoms with Gasteiger partial charge in [-0.3, -0.25) is 9.78 Å². The van der Waals surface area contributed by atoms with Gasteiger partial charge in [0.25, 0.3) is 0 Å². The van der Waals surface area contributed by atoms with Gasteiger partial charge in [0.15, 0.2) is 0 Å². The summed E-state index contributed by atoms with van der Waals surface area (Å²) in [5.41, 5.74) is 0.350. The summed E-state index contributed by atoms with van der Waals surface area (Å²) >= 11 is 0. The molecular weight excluding hydrogens is 208 g/mol. The molecule has 0 radical (unpaired) electrons. The quantitative estimate of drug-likeness (QED) is 0.759. The predicted octanol–water partition coefficient (Wildman–Crippen LogP) is 0.683. The first-order valence-electron chi connectivity index (χ1n) is 5.07. The second-order valence-corrected chi connectivity index (χ2v) is 3.86. The molecular formula is C11H14N2O3. The summed E-state index contributed by atoms with van der Waals surface area (Å²) in [6, 6.07) is 3.74. The van der Waals surface area contributed by atoms with Gasteiger partial charge in [0.05, 0.1) is 26.0 Å². The molecule has 1 saturated heterocycles. The highest BCUT2D eigenvalue weighted by molar-refractivity contribution is 5.78. The van der Waals surface area contributed by atoms with Crippen LogP contribution in [0.4, 0.5) is 5.69 Å². The summed E-state index contributed by atoms with van der Waals surface area (Å²) in [5.74, 6) is -0.227. The molecule has 2 rings (SSSR count). The highest BCUT2D eigenvalue weighted by Crippen LogP contribution is 2.29. The lowest BCUT2D eigenvalue weighted by atomic mass is 9.86. The summed E-state index contributed by atoms with van der Waals surface area (Å²) in [4.78, 5) is 15.6. The van der Waals surface area contributed by atoms with Gasteiger partial charge in [-0.15, -0.1) is 0 Å². The Morgan fingerprint density at radius 2 is 2.50 bits per heavy atom. The van der Waals surface area contributed by atoms with Crippen LogP contribution in [0.2, 0.25) is 0 Å². The van der Waals surface area contributed by atoms with E-state index in [4.69, 9.17) is 9.47 Å². The van der Waals surface area contributed by atoms with E-state index in [1.54, 1.807) is 12.4 Å². The number of hydrogen-bond acceptors (Lipinski definition) is 5. The van der Waals surface area contributed by atoms with E-state index in [0.29, 0.717) is 19.8 Å². The van der Waals surface area contributed by atoms with E-state index in [9.17, 15) is 4.79 Å². The minimum atomic E-state index is -0.537. The normalized spacial score (nSPS) is 17.3. The largest absolute Gasteiger partial charge is 0.468 e. The van der Waals surface area contributed by atoms with Gasteiger partial charge in [-0.2, -0.15) is 0 Å². The molecule has 1 aromatic rings. The third-order valence-corrected chi connectivity index (χ3v) is 2.67. The van der Waals surface area contributed by atoms with Crippen molar-refractivity contribution in [2.24, 2.45) is 5.41 Å². The molecule has 1 aliphatic heterocycles. The molecule has 0 unspecified atom stereocenters. The molecule has 86 valence electrons. The topological polar surface area (TPSA) is 60.5 Å². The number of carbonyl (C=O) groups excluding carboxylic acids is 1. The van der Waals surface area contributed by atoms with Crippen LogP contribution < -0.4 is 5.32 Å². The Hall–Kier alpha value is -1.62. The first-order valence-corrected chi connectivity index (χ1v) is 5.07. The third kappa shape index (κ3) is 1.99. The van der Waals surface area contributed by atoms with Crippen molar-refractivity contribution in [3.63, 3.8) is 0 Å². The Labute approximate surface area is 93.8 Å². The number of rotatable bonds is 4. The number of anilines is 1. The molecule has 0 atom stereocenters. The number of pyridine rings is 1. The van der Waals surface area contributed by atoms with E-state index < -0.39 is 5.41 Å². The molecule has 5 nitrogen and oxygen atoms in total. The fraction of sp³-hybridized carbons (Fsp3) is 0.455. The minimum Gasteiger partial charge on any atom is -0.468 e. The van der Waals surface area contributed by atoms with Crippen LogP contribution in [0, 0.1) is 5.41 Å². The Morgan fingerprint density at radius 1 is 1.69 bits per heavy atom. The van der Waals surface area contributed by atoms with Crippen LogP contribution in [0.15, 0.2) is 24.5 Å². The number of carbonyl (C=O) groups is 1. The van der Waals surface area contributed by atoms with E-state index in [1.165, 1.54) is 7.11 Å². The first kappa shape index (κ1) is 10.9. The third-order valence-electron chi connectivity index (χ3n) is 2.67. The van der Waals surface area contributed by atoms with Crippen molar-refractivity contribution >= 4 is 11.7 Å². The number of nitrogens with one attached hydrogen (secondary N) is 1. The van der Waals surface area contributed by atoms with Gasteiger partial charge in [0, 0.05) is 18.9 Å². The molecule has 1 fully saturated rings. The Bertz CT molecular complexity index is 363. The highest BCUT2D eigenvalue weighted by Gasteiger charge is 2.47. The van der Waals surface area contributed by atoms with Crippen molar-refractivity contribution in [1.29, 1.82) is 0 Å². The molecule has 5 heteroatoms. The zero-order valence-electron chi connectivity index (χ0n) is 9.10. The highest BCUT2D eigenvalue weighted by atomic mass is 16.5. The molecule has 1 N–H and O–H groups in total. The molecule has 0 aromatic carbocycles. The van der Waals surface area contributed by atoms with E-state index in [1.807, 2.05) is 12.1 Å². The summed E-state index contributed by atoms with van der Waals surface area (Å²) in [7, 11) is 1.40. The summed E-state index contributed by atoms with van der Waals surface area (Å²) in [6.45, 7) is 1.32. The van der Waals surface area contributed by atoms with Crippen molar-refractivity contribution in [2.45, 2.75) is 0 Å². The van der Waals surface area contributed by atoms with Gasteiger partial charge in [0.1, 0.15) is 5.41 Å². The first-order chi connectivity index (χ1) is 7.77. The van der Waals surface area contributed by atoms with Crippen LogP contribution in [-0.4, -0.2) is 37.8 Å². The number of esters is 1. The molecule has 0 bridgehead atoms. The molecule has 2 heterocycles. The maximum absolute atomic E-state index is 11.6. The van der Waals surface area contributed by atoms with Gasteiger partial charge < -0.3 is 14.8 Å². The van der Waals surface area contributed by atoms with E-state index in [0.717, 1.165) is 5.69 Å². The number of ether oxygens (including phenoxy) is 2. The van der Waals surface area contributed by atoms with Crippen LogP contribution >= 0.6 is 0 Å². The minimum absolute atomic E-state index is 0.227. The fourth-order valence-electron chi connectivity index (χ4n) is 1.60. The van der Waals surface area contributed by atoms with Gasteiger partial charge in [-0.05, 0) is 12.1 Å². The van der Waals surface area contributed by atoms with Crippen LogP contribution in [0.5, 0.6) is 0 Å². The van der Waals surface area contributed by atoms with Crippen molar-refractivity contribution in [2.75, 3.05) is 32.2 Å². The molecule has 0 spiro atoms. The van der Waals surface area contributed by atoms with Gasteiger partial charge in [-0.1, -0.05) is 0 Å². The van der Waals surface area contributed by atoms with Gasteiger partial charge in [-0.25, -0.2) is 0 Å². The predicted molar refractivity (Wildman–Crippen MR) is 58.0 cm³/mol. The molecule has 16 heavy (non-hydrogen) atoms. The molecule has 0 aliphatic carbocycles. The van der Waals surface area contributed by atoms with Crippen LogP contribution in [0.25, 0.3) is 0 Å². The number of aromatic nitrogens is 1. The average molecular weight is 222 g/mol. The smallest absolute Gasteiger partial charge is 0.318 e. The Kier molecular flexibility index (Phi) is 3.05. The van der Waals surface area contributed by atoms with Crippen molar-refractivity contribution in [3.05, 3.63) is 24.5 Å². The number of hydrogen-bond donors (Lipinski definition) is 1. The molecule has 1 aliphatic rings. The lowest BCUT2D eigenvalue weighted by Crippen LogP contribution is -2.54. The van der Waals surface area contributed by atoms with Crippen LogP contribution in [0.3, 0.4) is 0 Å². The summed E-state index contributed by atoms with van der Waals surface area (Å²) < 4.78 is 9.86. The van der Waals surface area contributed by atoms with E-state index >= 15 is 0 Å². The lowest BCUT2D eigenvalue weighted by molar-refractivity contribution is -0.180.